The van der Waals surface area contributed by atoms with Gasteiger partial charge in [0.1, 0.15) is 6.61 Å². The molecule has 0 spiro atoms. The first-order chi connectivity index (χ1) is 6.36. The standard InChI is InChI=1S/C7H13N3O3/c1-2-11-4-3-6-9-7(5-12-8)13-10-6/h2-5,8H2,1H3. The van der Waals surface area contributed by atoms with Crippen LogP contribution in [0.5, 0.6) is 0 Å². The molecule has 0 aliphatic rings. The first-order valence-electron chi connectivity index (χ1n) is 4.07. The summed E-state index contributed by atoms with van der Waals surface area (Å²) in [4.78, 5) is 8.35. The highest BCUT2D eigenvalue weighted by molar-refractivity contribution is 4.84. The van der Waals surface area contributed by atoms with Gasteiger partial charge >= 0.3 is 0 Å². The van der Waals surface area contributed by atoms with Crippen LogP contribution in [0, 0.1) is 0 Å². The number of hydrogen-bond donors (Lipinski definition) is 1. The number of rotatable bonds is 6. The third-order valence-corrected chi connectivity index (χ3v) is 1.39. The Labute approximate surface area is 76.0 Å². The first-order valence-corrected chi connectivity index (χ1v) is 4.07. The molecule has 0 unspecified atom stereocenters. The predicted molar refractivity (Wildman–Crippen MR) is 43.5 cm³/mol. The smallest absolute Gasteiger partial charge is 0.254 e. The van der Waals surface area contributed by atoms with Crippen molar-refractivity contribution in [2.45, 2.75) is 20.0 Å². The monoisotopic (exact) mass is 187 g/mol. The van der Waals surface area contributed by atoms with Crippen LogP contribution in [0.25, 0.3) is 0 Å². The van der Waals surface area contributed by atoms with Gasteiger partial charge in [-0.1, -0.05) is 5.16 Å². The lowest BCUT2D eigenvalue weighted by molar-refractivity contribution is 0.0995. The van der Waals surface area contributed by atoms with Crippen molar-refractivity contribution in [2.24, 2.45) is 5.90 Å². The normalized spacial score (nSPS) is 10.6. The van der Waals surface area contributed by atoms with Crippen molar-refractivity contribution in [3.05, 3.63) is 11.7 Å². The molecule has 0 aliphatic heterocycles. The van der Waals surface area contributed by atoms with Gasteiger partial charge in [-0.05, 0) is 6.92 Å². The molecule has 1 heterocycles. The Hall–Kier alpha value is -0.980. The van der Waals surface area contributed by atoms with Gasteiger partial charge in [0.2, 0.25) is 0 Å². The van der Waals surface area contributed by atoms with Gasteiger partial charge in [-0.3, -0.25) is 4.84 Å². The van der Waals surface area contributed by atoms with Crippen LogP contribution >= 0.6 is 0 Å². The van der Waals surface area contributed by atoms with Gasteiger partial charge in [0.05, 0.1) is 6.61 Å². The number of nitrogens with zero attached hydrogens (tertiary/aromatic N) is 2. The van der Waals surface area contributed by atoms with E-state index in [9.17, 15) is 0 Å². The molecule has 0 aliphatic carbocycles. The largest absolute Gasteiger partial charge is 0.381 e. The molecule has 0 amide bonds. The molecule has 1 aromatic rings. The van der Waals surface area contributed by atoms with E-state index < -0.39 is 0 Å². The van der Waals surface area contributed by atoms with Gasteiger partial charge < -0.3 is 9.26 Å². The predicted octanol–water partition coefficient (Wildman–Crippen LogP) is 0.0389. The second-order valence-electron chi connectivity index (χ2n) is 2.36. The fraction of sp³-hybridized carbons (Fsp3) is 0.714. The lowest BCUT2D eigenvalue weighted by Gasteiger charge is -1.94. The minimum atomic E-state index is 0.141. The van der Waals surface area contributed by atoms with Gasteiger partial charge in [0, 0.05) is 13.0 Å². The molecule has 0 bridgehead atoms. The van der Waals surface area contributed by atoms with Crippen LogP contribution in [0.2, 0.25) is 0 Å². The van der Waals surface area contributed by atoms with Crippen LogP contribution < -0.4 is 5.90 Å². The van der Waals surface area contributed by atoms with E-state index in [4.69, 9.17) is 15.2 Å². The van der Waals surface area contributed by atoms with Crippen LogP contribution in [0.15, 0.2) is 4.52 Å². The average Bonchev–Trinajstić information content (AvgIpc) is 2.54. The molecule has 1 rings (SSSR count). The SMILES string of the molecule is CCOCCc1noc(CON)n1. The van der Waals surface area contributed by atoms with Crippen molar-refractivity contribution >= 4 is 0 Å². The number of nitrogens with two attached hydrogens (primary N) is 1. The van der Waals surface area contributed by atoms with E-state index in [2.05, 4.69) is 15.0 Å². The van der Waals surface area contributed by atoms with E-state index in [-0.39, 0.29) is 6.61 Å². The first kappa shape index (κ1) is 10.1. The number of aromatic nitrogens is 2. The summed E-state index contributed by atoms with van der Waals surface area (Å²) in [5.41, 5.74) is 0. The van der Waals surface area contributed by atoms with Gasteiger partial charge in [-0.2, -0.15) is 4.98 Å². The molecule has 74 valence electrons. The zero-order valence-corrected chi connectivity index (χ0v) is 7.52. The Bertz CT molecular complexity index is 239. The second kappa shape index (κ2) is 5.63. The molecule has 2 N–H and O–H groups in total. The summed E-state index contributed by atoms with van der Waals surface area (Å²) < 4.78 is 9.94. The van der Waals surface area contributed by atoms with Crippen LogP contribution in [-0.2, 0) is 22.6 Å². The van der Waals surface area contributed by atoms with Crippen molar-refractivity contribution in [1.29, 1.82) is 0 Å². The molecule has 0 saturated carbocycles. The Kier molecular flexibility index (Phi) is 4.37. The molecular formula is C7H13N3O3. The van der Waals surface area contributed by atoms with Crippen molar-refractivity contribution < 1.29 is 14.1 Å². The van der Waals surface area contributed by atoms with E-state index in [1.165, 1.54) is 0 Å². The van der Waals surface area contributed by atoms with Crippen LogP contribution in [0.3, 0.4) is 0 Å². The third-order valence-electron chi connectivity index (χ3n) is 1.39. The molecular weight excluding hydrogens is 174 g/mol. The molecule has 0 saturated heterocycles. The van der Waals surface area contributed by atoms with Crippen LogP contribution in [-0.4, -0.2) is 23.4 Å². The third kappa shape index (κ3) is 3.49. The number of ether oxygens (including phenoxy) is 1. The Morgan fingerprint density at radius 3 is 3.08 bits per heavy atom. The summed E-state index contributed by atoms with van der Waals surface area (Å²) in [7, 11) is 0. The number of hydrogen-bond acceptors (Lipinski definition) is 6. The zero-order valence-electron chi connectivity index (χ0n) is 7.52. The summed E-state index contributed by atoms with van der Waals surface area (Å²) in [6.45, 7) is 3.36. The van der Waals surface area contributed by atoms with Crippen molar-refractivity contribution in [1.82, 2.24) is 10.1 Å². The van der Waals surface area contributed by atoms with Crippen molar-refractivity contribution in [2.75, 3.05) is 13.2 Å². The molecule has 0 fully saturated rings. The maximum Gasteiger partial charge on any atom is 0.254 e. The molecule has 0 atom stereocenters. The Balaban J connectivity index is 2.31. The van der Waals surface area contributed by atoms with Gasteiger partial charge in [0.15, 0.2) is 5.82 Å². The molecule has 13 heavy (non-hydrogen) atoms. The molecule has 0 aromatic carbocycles. The van der Waals surface area contributed by atoms with E-state index in [0.717, 1.165) is 0 Å². The Morgan fingerprint density at radius 2 is 2.38 bits per heavy atom. The van der Waals surface area contributed by atoms with Gasteiger partial charge in [-0.25, -0.2) is 5.90 Å². The quantitative estimate of drug-likeness (QED) is 0.500. The highest BCUT2D eigenvalue weighted by Crippen LogP contribution is 1.98. The zero-order chi connectivity index (χ0) is 9.52. The summed E-state index contributed by atoms with van der Waals surface area (Å²) in [6, 6.07) is 0. The molecule has 6 nitrogen and oxygen atoms in total. The fourth-order valence-corrected chi connectivity index (χ4v) is 0.829. The molecule has 6 heteroatoms. The van der Waals surface area contributed by atoms with E-state index in [1.54, 1.807) is 0 Å². The Morgan fingerprint density at radius 1 is 1.54 bits per heavy atom. The maximum atomic E-state index is 5.13. The van der Waals surface area contributed by atoms with Gasteiger partial charge in [0.25, 0.3) is 5.89 Å². The topological polar surface area (TPSA) is 83.4 Å². The maximum absolute atomic E-state index is 5.13. The fourth-order valence-electron chi connectivity index (χ4n) is 0.829. The second-order valence-corrected chi connectivity index (χ2v) is 2.36. The van der Waals surface area contributed by atoms with Crippen LogP contribution in [0.1, 0.15) is 18.6 Å². The van der Waals surface area contributed by atoms with E-state index >= 15 is 0 Å². The molecule has 0 radical (unpaired) electrons. The lowest BCUT2D eigenvalue weighted by atomic mass is 10.4. The minimum absolute atomic E-state index is 0.141. The van der Waals surface area contributed by atoms with Crippen LogP contribution in [0.4, 0.5) is 0 Å². The van der Waals surface area contributed by atoms with Crippen molar-refractivity contribution in [3.8, 4) is 0 Å². The minimum Gasteiger partial charge on any atom is -0.381 e. The summed E-state index contributed by atoms with van der Waals surface area (Å²) in [6.07, 6.45) is 0.641. The van der Waals surface area contributed by atoms with E-state index in [1.807, 2.05) is 6.92 Å². The van der Waals surface area contributed by atoms with Crippen molar-refractivity contribution in [3.63, 3.8) is 0 Å². The summed E-state index contributed by atoms with van der Waals surface area (Å²) in [5.74, 6) is 5.83. The average molecular weight is 187 g/mol. The molecule has 1 aromatic heterocycles. The lowest BCUT2D eigenvalue weighted by Crippen LogP contribution is -2.01. The summed E-state index contributed by atoms with van der Waals surface area (Å²) in [5, 5.41) is 3.70. The highest BCUT2D eigenvalue weighted by Gasteiger charge is 2.04. The summed E-state index contributed by atoms with van der Waals surface area (Å²) >= 11 is 0. The highest BCUT2D eigenvalue weighted by atomic mass is 16.6. The van der Waals surface area contributed by atoms with Gasteiger partial charge in [-0.15, -0.1) is 0 Å². The van der Waals surface area contributed by atoms with E-state index in [0.29, 0.717) is 31.3 Å².